The first-order valence-corrected chi connectivity index (χ1v) is 6.90. The van der Waals surface area contributed by atoms with Crippen molar-refractivity contribution in [2.75, 3.05) is 0 Å². The molecule has 0 aromatic heterocycles. The van der Waals surface area contributed by atoms with Crippen molar-refractivity contribution in [3.8, 4) is 0 Å². The van der Waals surface area contributed by atoms with Gasteiger partial charge in [0.1, 0.15) is 0 Å². The Labute approximate surface area is 105 Å². The van der Waals surface area contributed by atoms with Gasteiger partial charge in [-0.05, 0) is 36.0 Å². The maximum atomic E-state index is 6.44. The zero-order valence-corrected chi connectivity index (χ0v) is 11.5. The number of halogens is 1. The summed E-state index contributed by atoms with van der Waals surface area (Å²) >= 11 is 6.44. The average molecular weight is 239 g/mol. The highest BCUT2D eigenvalue weighted by molar-refractivity contribution is 6.32. The van der Waals surface area contributed by atoms with Crippen LogP contribution in [0.3, 0.4) is 0 Å². The summed E-state index contributed by atoms with van der Waals surface area (Å²) in [6.07, 6.45) is 6.92. The van der Waals surface area contributed by atoms with Gasteiger partial charge >= 0.3 is 0 Å². The molecule has 0 saturated heterocycles. The molecule has 0 N–H and O–H groups in total. The molecule has 0 aliphatic heterocycles. The maximum absolute atomic E-state index is 6.44. The molecule has 0 spiro atoms. The van der Waals surface area contributed by atoms with E-state index in [0.717, 1.165) is 17.9 Å². The third kappa shape index (κ3) is 3.52. The second kappa shape index (κ2) is 6.96. The second-order valence-corrected chi connectivity index (χ2v) is 4.86. The van der Waals surface area contributed by atoms with E-state index in [9.17, 15) is 0 Å². The number of hydrogen-bond acceptors (Lipinski definition) is 0. The molecule has 0 nitrogen and oxygen atoms in total. The zero-order valence-electron chi connectivity index (χ0n) is 10.8. The minimum absolute atomic E-state index is 1.02. The molecule has 0 amide bonds. The van der Waals surface area contributed by atoms with E-state index in [1.165, 1.54) is 42.4 Å². The van der Waals surface area contributed by atoms with Gasteiger partial charge in [-0.2, -0.15) is 0 Å². The molecule has 0 atom stereocenters. The molecule has 0 aliphatic carbocycles. The van der Waals surface area contributed by atoms with Crippen molar-refractivity contribution in [1.29, 1.82) is 0 Å². The van der Waals surface area contributed by atoms with Gasteiger partial charge in [0.25, 0.3) is 0 Å². The third-order valence-electron chi connectivity index (χ3n) is 2.86. The molecule has 0 bridgehead atoms. The topological polar surface area (TPSA) is 0 Å². The van der Waals surface area contributed by atoms with Crippen molar-refractivity contribution in [2.45, 2.75) is 59.3 Å². The molecule has 90 valence electrons. The van der Waals surface area contributed by atoms with Crippen LogP contribution in [0.5, 0.6) is 0 Å². The molecule has 16 heavy (non-hydrogen) atoms. The van der Waals surface area contributed by atoms with Crippen LogP contribution in [-0.4, -0.2) is 0 Å². The number of aryl methyl sites for hydroxylation is 3. The van der Waals surface area contributed by atoms with E-state index < -0.39 is 0 Å². The lowest BCUT2D eigenvalue weighted by molar-refractivity contribution is 0.871. The van der Waals surface area contributed by atoms with Crippen LogP contribution < -0.4 is 0 Å². The first kappa shape index (κ1) is 13.6. The van der Waals surface area contributed by atoms with Gasteiger partial charge in [-0.1, -0.05) is 63.8 Å². The van der Waals surface area contributed by atoms with Gasteiger partial charge in [-0.25, -0.2) is 0 Å². The van der Waals surface area contributed by atoms with E-state index in [1.807, 2.05) is 0 Å². The lowest BCUT2D eigenvalue weighted by Crippen LogP contribution is -1.96. The summed E-state index contributed by atoms with van der Waals surface area (Å²) < 4.78 is 0. The number of rotatable bonds is 6. The Morgan fingerprint density at radius 2 is 1.25 bits per heavy atom. The monoisotopic (exact) mass is 238 g/mol. The van der Waals surface area contributed by atoms with Crippen LogP contribution in [-0.2, 0) is 19.3 Å². The van der Waals surface area contributed by atoms with Crippen molar-refractivity contribution in [2.24, 2.45) is 0 Å². The summed E-state index contributed by atoms with van der Waals surface area (Å²) in [5, 5.41) is 1.02. The molecule has 1 aromatic carbocycles. The van der Waals surface area contributed by atoms with E-state index in [1.54, 1.807) is 0 Å². The largest absolute Gasteiger partial charge is 0.0837 e. The van der Waals surface area contributed by atoms with Gasteiger partial charge in [0.15, 0.2) is 0 Å². The SMILES string of the molecule is CCCc1cc(CCC)c(Cl)c(CCC)c1. The summed E-state index contributed by atoms with van der Waals surface area (Å²) in [4.78, 5) is 0. The minimum atomic E-state index is 1.02. The Bertz CT molecular complexity index is 301. The summed E-state index contributed by atoms with van der Waals surface area (Å²) in [6.45, 7) is 6.65. The average Bonchev–Trinajstić information content (AvgIpc) is 2.26. The quantitative estimate of drug-likeness (QED) is 0.639. The first-order chi connectivity index (χ1) is 7.72. The number of hydrogen-bond donors (Lipinski definition) is 0. The van der Waals surface area contributed by atoms with Gasteiger partial charge in [-0.3, -0.25) is 0 Å². The Kier molecular flexibility index (Phi) is 5.90. The fourth-order valence-corrected chi connectivity index (χ4v) is 2.46. The van der Waals surface area contributed by atoms with E-state index >= 15 is 0 Å². The summed E-state index contributed by atoms with van der Waals surface area (Å²) in [5.41, 5.74) is 4.15. The highest BCUT2D eigenvalue weighted by Gasteiger charge is 2.07. The summed E-state index contributed by atoms with van der Waals surface area (Å²) in [5.74, 6) is 0. The predicted octanol–water partition coefficient (Wildman–Crippen LogP) is 5.20. The fraction of sp³-hybridized carbons (Fsp3) is 0.600. The van der Waals surface area contributed by atoms with Crippen molar-refractivity contribution in [3.63, 3.8) is 0 Å². The molecule has 0 saturated carbocycles. The van der Waals surface area contributed by atoms with Crippen molar-refractivity contribution >= 4 is 11.6 Å². The van der Waals surface area contributed by atoms with E-state index in [0.29, 0.717) is 0 Å². The van der Waals surface area contributed by atoms with Crippen LogP contribution in [0.15, 0.2) is 12.1 Å². The fourth-order valence-electron chi connectivity index (χ4n) is 2.16. The molecule has 0 radical (unpaired) electrons. The standard InChI is InChI=1S/C15H23Cl/c1-4-7-12-10-13(8-5-2)15(16)14(11-12)9-6-3/h10-11H,4-9H2,1-3H3. The molecular weight excluding hydrogens is 216 g/mol. The van der Waals surface area contributed by atoms with E-state index in [4.69, 9.17) is 11.6 Å². The minimum Gasteiger partial charge on any atom is -0.0837 e. The summed E-state index contributed by atoms with van der Waals surface area (Å²) in [6, 6.07) is 4.60. The molecular formula is C15H23Cl. The number of benzene rings is 1. The van der Waals surface area contributed by atoms with Crippen LogP contribution in [0.4, 0.5) is 0 Å². The molecule has 0 heterocycles. The van der Waals surface area contributed by atoms with E-state index in [-0.39, 0.29) is 0 Å². The Morgan fingerprint density at radius 3 is 1.62 bits per heavy atom. The van der Waals surface area contributed by atoms with Crippen LogP contribution in [0.1, 0.15) is 56.7 Å². The lowest BCUT2D eigenvalue weighted by atomic mass is 9.98. The van der Waals surface area contributed by atoms with Gasteiger partial charge in [0, 0.05) is 5.02 Å². The molecule has 0 unspecified atom stereocenters. The van der Waals surface area contributed by atoms with Gasteiger partial charge < -0.3 is 0 Å². The zero-order chi connectivity index (χ0) is 12.0. The smallest absolute Gasteiger partial charge is 0.0470 e. The third-order valence-corrected chi connectivity index (χ3v) is 3.35. The first-order valence-electron chi connectivity index (χ1n) is 6.53. The highest BCUT2D eigenvalue weighted by Crippen LogP contribution is 2.26. The lowest BCUT2D eigenvalue weighted by Gasteiger charge is -2.12. The van der Waals surface area contributed by atoms with Crippen LogP contribution in [0.2, 0.25) is 5.02 Å². The van der Waals surface area contributed by atoms with Crippen LogP contribution in [0.25, 0.3) is 0 Å². The highest BCUT2D eigenvalue weighted by atomic mass is 35.5. The van der Waals surface area contributed by atoms with Crippen molar-refractivity contribution in [1.82, 2.24) is 0 Å². The summed E-state index contributed by atoms with van der Waals surface area (Å²) in [7, 11) is 0. The van der Waals surface area contributed by atoms with Gasteiger partial charge in [-0.15, -0.1) is 0 Å². The predicted molar refractivity (Wildman–Crippen MR) is 73.4 cm³/mol. The van der Waals surface area contributed by atoms with Crippen LogP contribution in [0, 0.1) is 0 Å². The molecule has 1 rings (SSSR count). The Balaban J connectivity index is 3.05. The van der Waals surface area contributed by atoms with E-state index in [2.05, 4.69) is 32.9 Å². The van der Waals surface area contributed by atoms with Crippen molar-refractivity contribution in [3.05, 3.63) is 33.8 Å². The Morgan fingerprint density at radius 1 is 0.812 bits per heavy atom. The van der Waals surface area contributed by atoms with Crippen molar-refractivity contribution < 1.29 is 0 Å². The van der Waals surface area contributed by atoms with Gasteiger partial charge in [0.2, 0.25) is 0 Å². The molecule has 0 fully saturated rings. The second-order valence-electron chi connectivity index (χ2n) is 4.48. The van der Waals surface area contributed by atoms with Crippen LogP contribution >= 0.6 is 11.6 Å². The van der Waals surface area contributed by atoms with Gasteiger partial charge in [0.05, 0.1) is 0 Å². The Hall–Kier alpha value is -0.490. The normalized spacial score (nSPS) is 10.8. The molecule has 0 aliphatic rings. The maximum Gasteiger partial charge on any atom is 0.0470 e. The molecule has 1 heteroatoms. The molecule has 1 aromatic rings.